The summed E-state index contributed by atoms with van der Waals surface area (Å²) in [6.07, 6.45) is 7.60. The van der Waals surface area contributed by atoms with Crippen molar-refractivity contribution in [3.63, 3.8) is 0 Å². The van der Waals surface area contributed by atoms with Crippen LogP contribution in [0.2, 0.25) is 0 Å². The summed E-state index contributed by atoms with van der Waals surface area (Å²) in [4.78, 5) is 14.6. The van der Waals surface area contributed by atoms with Gasteiger partial charge in [-0.2, -0.15) is 0 Å². The molecule has 1 aliphatic heterocycles. The van der Waals surface area contributed by atoms with Gasteiger partial charge in [-0.3, -0.25) is 4.79 Å². The predicted molar refractivity (Wildman–Crippen MR) is 92.6 cm³/mol. The molecule has 2 aliphatic rings. The third-order valence-corrected chi connectivity index (χ3v) is 5.27. The molecule has 1 heterocycles. The summed E-state index contributed by atoms with van der Waals surface area (Å²) in [6, 6.07) is 8.55. The molecule has 0 fully saturated rings. The minimum Gasteiger partial charge on any atom is -0.497 e. The number of ether oxygens (including phenoxy) is 1. The van der Waals surface area contributed by atoms with E-state index < -0.39 is 0 Å². The Morgan fingerprint density at radius 3 is 2.61 bits per heavy atom. The van der Waals surface area contributed by atoms with E-state index in [0.717, 1.165) is 25.1 Å². The minimum atomic E-state index is 0.264. The second-order valence-corrected chi connectivity index (χ2v) is 6.59. The molecular formula is C20H27NO2. The second-order valence-electron chi connectivity index (χ2n) is 6.59. The van der Waals surface area contributed by atoms with Crippen molar-refractivity contribution in [1.29, 1.82) is 0 Å². The lowest BCUT2D eigenvalue weighted by Gasteiger charge is -2.41. The van der Waals surface area contributed by atoms with Gasteiger partial charge in [0, 0.05) is 13.0 Å². The molecule has 1 amide bonds. The van der Waals surface area contributed by atoms with Crippen molar-refractivity contribution < 1.29 is 9.53 Å². The predicted octanol–water partition coefficient (Wildman–Crippen LogP) is 4.12. The van der Waals surface area contributed by atoms with Crippen molar-refractivity contribution in [2.45, 2.75) is 57.9 Å². The van der Waals surface area contributed by atoms with Gasteiger partial charge in [0.15, 0.2) is 0 Å². The lowest BCUT2D eigenvalue weighted by atomic mass is 9.80. The van der Waals surface area contributed by atoms with E-state index in [0.29, 0.717) is 12.3 Å². The molecular weight excluding hydrogens is 286 g/mol. The van der Waals surface area contributed by atoms with E-state index >= 15 is 0 Å². The number of benzene rings is 1. The number of methoxy groups -OCH3 is 1. The highest BCUT2D eigenvalue weighted by Gasteiger charge is 2.32. The maximum Gasteiger partial charge on any atom is 0.222 e. The lowest BCUT2D eigenvalue weighted by molar-refractivity contribution is -0.132. The van der Waals surface area contributed by atoms with Gasteiger partial charge in [0.25, 0.3) is 0 Å². The first kappa shape index (κ1) is 16.1. The summed E-state index contributed by atoms with van der Waals surface area (Å²) >= 11 is 0. The SMILES string of the molecule is CCC(=O)N1CCC2=C(CCCC2)C1Cc1ccc(OC)cc1. The van der Waals surface area contributed by atoms with E-state index in [1.807, 2.05) is 19.1 Å². The first-order chi connectivity index (χ1) is 11.2. The Bertz CT molecular complexity index is 588. The lowest BCUT2D eigenvalue weighted by Crippen LogP contribution is -2.46. The summed E-state index contributed by atoms with van der Waals surface area (Å²) in [5.41, 5.74) is 4.47. The van der Waals surface area contributed by atoms with Crippen molar-refractivity contribution in [1.82, 2.24) is 4.90 Å². The van der Waals surface area contributed by atoms with Gasteiger partial charge in [0.2, 0.25) is 5.91 Å². The summed E-state index contributed by atoms with van der Waals surface area (Å²) in [7, 11) is 1.69. The van der Waals surface area contributed by atoms with Crippen LogP contribution < -0.4 is 4.74 Å². The van der Waals surface area contributed by atoms with Crippen LogP contribution in [0.5, 0.6) is 5.75 Å². The van der Waals surface area contributed by atoms with Crippen molar-refractivity contribution in [3.8, 4) is 5.75 Å². The van der Waals surface area contributed by atoms with E-state index in [1.54, 1.807) is 18.3 Å². The van der Waals surface area contributed by atoms with Crippen molar-refractivity contribution in [3.05, 3.63) is 41.0 Å². The van der Waals surface area contributed by atoms with Gasteiger partial charge < -0.3 is 9.64 Å². The van der Waals surface area contributed by atoms with E-state index in [1.165, 1.54) is 31.2 Å². The topological polar surface area (TPSA) is 29.5 Å². The number of carbonyl (C=O) groups is 1. The zero-order valence-electron chi connectivity index (χ0n) is 14.3. The third-order valence-electron chi connectivity index (χ3n) is 5.27. The Hall–Kier alpha value is -1.77. The second kappa shape index (κ2) is 7.20. The fourth-order valence-electron chi connectivity index (χ4n) is 4.00. The molecule has 1 unspecified atom stereocenters. The van der Waals surface area contributed by atoms with Gasteiger partial charge in [0.05, 0.1) is 13.2 Å². The number of nitrogens with zero attached hydrogens (tertiary/aromatic N) is 1. The van der Waals surface area contributed by atoms with Crippen LogP contribution in [0.15, 0.2) is 35.4 Å². The highest BCUT2D eigenvalue weighted by Crippen LogP contribution is 2.36. The highest BCUT2D eigenvalue weighted by molar-refractivity contribution is 5.77. The zero-order chi connectivity index (χ0) is 16.2. The Balaban J connectivity index is 1.86. The first-order valence-corrected chi connectivity index (χ1v) is 8.86. The average Bonchev–Trinajstić information content (AvgIpc) is 2.62. The van der Waals surface area contributed by atoms with Crippen LogP contribution in [0.4, 0.5) is 0 Å². The van der Waals surface area contributed by atoms with Crippen LogP contribution in [0.1, 0.15) is 51.0 Å². The van der Waals surface area contributed by atoms with Gasteiger partial charge in [-0.25, -0.2) is 0 Å². The largest absolute Gasteiger partial charge is 0.497 e. The third kappa shape index (κ3) is 3.44. The van der Waals surface area contributed by atoms with Gasteiger partial charge in [-0.15, -0.1) is 0 Å². The van der Waals surface area contributed by atoms with Crippen molar-refractivity contribution in [2.75, 3.05) is 13.7 Å². The molecule has 1 aromatic rings. The zero-order valence-corrected chi connectivity index (χ0v) is 14.3. The van der Waals surface area contributed by atoms with Gasteiger partial charge in [-0.05, 0) is 61.8 Å². The molecule has 0 radical (unpaired) electrons. The number of hydrogen-bond acceptors (Lipinski definition) is 2. The van der Waals surface area contributed by atoms with E-state index in [9.17, 15) is 4.79 Å². The Labute approximate surface area is 139 Å². The Morgan fingerprint density at radius 2 is 1.91 bits per heavy atom. The number of amides is 1. The molecule has 3 heteroatoms. The molecule has 1 atom stereocenters. The summed E-state index contributed by atoms with van der Waals surface area (Å²) in [6.45, 7) is 2.86. The maximum absolute atomic E-state index is 12.4. The average molecular weight is 313 g/mol. The molecule has 3 nitrogen and oxygen atoms in total. The molecule has 0 saturated carbocycles. The number of carbonyl (C=O) groups excluding carboxylic acids is 1. The monoisotopic (exact) mass is 313 g/mol. The smallest absolute Gasteiger partial charge is 0.222 e. The molecule has 0 spiro atoms. The normalized spacial score (nSPS) is 21.1. The molecule has 1 aromatic carbocycles. The quantitative estimate of drug-likeness (QED) is 0.783. The molecule has 0 saturated heterocycles. The summed E-state index contributed by atoms with van der Waals surface area (Å²) in [5.74, 6) is 1.18. The minimum absolute atomic E-state index is 0.264. The van der Waals surface area contributed by atoms with Crippen LogP contribution in [-0.4, -0.2) is 30.5 Å². The molecule has 124 valence electrons. The van der Waals surface area contributed by atoms with Gasteiger partial charge in [0.1, 0.15) is 5.75 Å². The first-order valence-electron chi connectivity index (χ1n) is 8.86. The fourth-order valence-corrected chi connectivity index (χ4v) is 4.00. The van der Waals surface area contributed by atoms with Gasteiger partial charge >= 0.3 is 0 Å². The maximum atomic E-state index is 12.4. The standard InChI is InChI=1S/C20H27NO2/c1-3-20(22)21-13-12-16-6-4-5-7-18(16)19(21)14-15-8-10-17(23-2)11-9-15/h8-11,19H,3-7,12-14H2,1-2H3. The Morgan fingerprint density at radius 1 is 1.17 bits per heavy atom. The van der Waals surface area contributed by atoms with E-state index in [2.05, 4.69) is 17.0 Å². The molecule has 0 aromatic heterocycles. The highest BCUT2D eigenvalue weighted by atomic mass is 16.5. The number of rotatable bonds is 4. The number of hydrogen-bond donors (Lipinski definition) is 0. The van der Waals surface area contributed by atoms with Crippen LogP contribution in [0.3, 0.4) is 0 Å². The van der Waals surface area contributed by atoms with Crippen molar-refractivity contribution >= 4 is 5.91 Å². The van der Waals surface area contributed by atoms with Gasteiger partial charge in [-0.1, -0.05) is 24.6 Å². The van der Waals surface area contributed by atoms with Crippen LogP contribution >= 0.6 is 0 Å². The van der Waals surface area contributed by atoms with E-state index in [4.69, 9.17) is 4.74 Å². The van der Waals surface area contributed by atoms with Crippen LogP contribution in [0, 0.1) is 0 Å². The molecule has 0 N–H and O–H groups in total. The van der Waals surface area contributed by atoms with Crippen molar-refractivity contribution in [2.24, 2.45) is 0 Å². The van der Waals surface area contributed by atoms with E-state index in [-0.39, 0.29) is 6.04 Å². The molecule has 3 rings (SSSR count). The Kier molecular flexibility index (Phi) is 5.04. The van der Waals surface area contributed by atoms with Crippen LogP contribution in [0.25, 0.3) is 0 Å². The summed E-state index contributed by atoms with van der Waals surface area (Å²) in [5, 5.41) is 0. The van der Waals surface area contributed by atoms with Crippen LogP contribution in [-0.2, 0) is 11.2 Å². The summed E-state index contributed by atoms with van der Waals surface area (Å²) < 4.78 is 5.25. The molecule has 0 bridgehead atoms. The molecule has 23 heavy (non-hydrogen) atoms. The molecule has 1 aliphatic carbocycles. The fraction of sp³-hybridized carbons (Fsp3) is 0.550.